The number of hydrogen-bond acceptors (Lipinski definition) is 4. The van der Waals surface area contributed by atoms with Gasteiger partial charge in [-0.2, -0.15) is 0 Å². The van der Waals surface area contributed by atoms with Gasteiger partial charge in [-0.1, -0.05) is 23.7 Å². The largest absolute Gasteiger partial charge is 0.352 e. The summed E-state index contributed by atoms with van der Waals surface area (Å²) in [5.74, 6) is -0.541. The minimum atomic E-state index is -3.88. The number of carbonyl (C=O) groups is 2. The Balaban J connectivity index is 2.17. The first kappa shape index (κ1) is 19.5. The van der Waals surface area contributed by atoms with Crippen molar-refractivity contribution in [3.8, 4) is 0 Å². The van der Waals surface area contributed by atoms with Gasteiger partial charge in [0, 0.05) is 10.7 Å². The van der Waals surface area contributed by atoms with Gasteiger partial charge in [0.2, 0.25) is 5.91 Å². The molecule has 0 aliphatic carbocycles. The van der Waals surface area contributed by atoms with E-state index in [0.717, 1.165) is 0 Å². The molecule has 0 aromatic heterocycles. The molecular weight excluding hydrogens is 380 g/mol. The van der Waals surface area contributed by atoms with E-state index in [0.29, 0.717) is 10.7 Å². The van der Waals surface area contributed by atoms with Gasteiger partial charge in [0.05, 0.1) is 10.6 Å². The average Bonchev–Trinajstić information content (AvgIpc) is 2.54. The summed E-state index contributed by atoms with van der Waals surface area (Å²) in [6.45, 7) is 1.45. The highest BCUT2D eigenvalue weighted by Crippen LogP contribution is 2.21. The normalized spacial score (nSPS) is 12.1. The molecule has 26 heavy (non-hydrogen) atoms. The summed E-state index contributed by atoms with van der Waals surface area (Å²) in [6.07, 6.45) is 0. The van der Waals surface area contributed by atoms with Crippen LogP contribution in [0.15, 0.2) is 53.4 Å². The van der Waals surface area contributed by atoms with Crippen LogP contribution in [0.5, 0.6) is 0 Å². The van der Waals surface area contributed by atoms with Crippen LogP contribution in [0.1, 0.15) is 6.92 Å². The molecule has 0 fully saturated rings. The van der Waals surface area contributed by atoms with Crippen LogP contribution >= 0.6 is 11.6 Å². The molecule has 0 aliphatic heterocycles. The number of carbonyl (C=O) groups excluding carboxylic acids is 2. The molecule has 0 saturated heterocycles. The van der Waals surface area contributed by atoms with Crippen molar-refractivity contribution in [3.05, 3.63) is 53.6 Å². The smallest absolute Gasteiger partial charge is 0.312 e. The summed E-state index contributed by atoms with van der Waals surface area (Å²) in [7, 11) is -3.88. The number of benzene rings is 2. The summed E-state index contributed by atoms with van der Waals surface area (Å²) in [6, 6.07) is 10.2. The van der Waals surface area contributed by atoms with E-state index in [9.17, 15) is 18.0 Å². The summed E-state index contributed by atoms with van der Waals surface area (Å²) < 4.78 is 27.4. The Kier molecular flexibility index (Phi) is 6.06. The molecule has 0 saturated carbocycles. The lowest BCUT2D eigenvalue weighted by Gasteiger charge is -2.13. The molecule has 0 heterocycles. The van der Waals surface area contributed by atoms with Crippen molar-refractivity contribution in [2.45, 2.75) is 17.9 Å². The Morgan fingerprint density at radius 2 is 1.73 bits per heavy atom. The number of urea groups is 1. The van der Waals surface area contributed by atoms with Crippen molar-refractivity contribution in [3.63, 3.8) is 0 Å². The third kappa shape index (κ3) is 5.36. The Morgan fingerprint density at radius 3 is 2.38 bits per heavy atom. The molecule has 2 rings (SSSR count). The van der Waals surface area contributed by atoms with Crippen molar-refractivity contribution in [2.75, 3.05) is 10.0 Å². The molecule has 2 aromatic rings. The molecule has 0 unspecified atom stereocenters. The lowest BCUT2D eigenvalue weighted by atomic mass is 10.2. The average molecular weight is 397 g/mol. The number of halogens is 1. The molecule has 0 aliphatic rings. The molecule has 8 nitrogen and oxygen atoms in total. The van der Waals surface area contributed by atoms with Crippen LogP contribution in [-0.2, 0) is 14.8 Å². The lowest BCUT2D eigenvalue weighted by molar-refractivity contribution is -0.117. The fraction of sp³-hybridized carbons (Fsp3) is 0.125. The van der Waals surface area contributed by atoms with Crippen molar-refractivity contribution in [2.24, 2.45) is 5.73 Å². The molecule has 2 aromatic carbocycles. The third-order valence-electron chi connectivity index (χ3n) is 3.24. The van der Waals surface area contributed by atoms with Crippen LogP contribution in [-0.4, -0.2) is 26.4 Å². The van der Waals surface area contributed by atoms with E-state index in [1.807, 2.05) is 0 Å². The quantitative estimate of drug-likeness (QED) is 0.595. The van der Waals surface area contributed by atoms with Crippen LogP contribution < -0.4 is 21.1 Å². The van der Waals surface area contributed by atoms with Gasteiger partial charge in [-0.3, -0.25) is 9.52 Å². The lowest BCUT2D eigenvalue weighted by Crippen LogP contribution is -2.44. The predicted molar refractivity (Wildman–Crippen MR) is 99.5 cm³/mol. The fourth-order valence-corrected chi connectivity index (χ4v) is 3.32. The van der Waals surface area contributed by atoms with Gasteiger partial charge >= 0.3 is 6.03 Å². The maximum Gasteiger partial charge on any atom is 0.312 e. The second kappa shape index (κ2) is 8.07. The number of rotatable bonds is 6. The van der Waals surface area contributed by atoms with Gasteiger partial charge < -0.3 is 16.4 Å². The monoisotopic (exact) mass is 396 g/mol. The Morgan fingerprint density at radius 1 is 1.08 bits per heavy atom. The van der Waals surface area contributed by atoms with E-state index in [1.165, 1.54) is 37.3 Å². The van der Waals surface area contributed by atoms with E-state index in [4.69, 9.17) is 17.3 Å². The van der Waals surface area contributed by atoms with E-state index in [1.54, 1.807) is 18.2 Å². The summed E-state index contributed by atoms with van der Waals surface area (Å²) >= 11 is 5.85. The number of amides is 3. The predicted octanol–water partition coefficient (Wildman–Crippen LogP) is 2.14. The second-order valence-electron chi connectivity index (χ2n) is 5.36. The summed E-state index contributed by atoms with van der Waals surface area (Å²) in [4.78, 5) is 22.7. The highest BCUT2D eigenvalue weighted by Gasteiger charge is 2.17. The molecule has 1 atom stereocenters. The highest BCUT2D eigenvalue weighted by atomic mass is 35.5. The third-order valence-corrected chi connectivity index (χ3v) is 4.85. The molecule has 10 heteroatoms. The second-order valence-corrected chi connectivity index (χ2v) is 7.48. The molecule has 0 radical (unpaired) electrons. The van der Waals surface area contributed by atoms with Gasteiger partial charge in [-0.25, -0.2) is 13.2 Å². The molecule has 5 N–H and O–H groups in total. The first-order valence-electron chi connectivity index (χ1n) is 7.42. The van der Waals surface area contributed by atoms with Gasteiger partial charge in [0.1, 0.15) is 6.04 Å². The highest BCUT2D eigenvalue weighted by molar-refractivity contribution is 7.92. The number of nitrogens with two attached hydrogens (primary N) is 1. The number of hydrogen-bond donors (Lipinski definition) is 4. The topological polar surface area (TPSA) is 130 Å². The number of nitrogens with one attached hydrogen (secondary N) is 3. The van der Waals surface area contributed by atoms with E-state index in [2.05, 4.69) is 15.4 Å². The summed E-state index contributed by atoms with van der Waals surface area (Å²) in [5.41, 5.74) is 5.53. The number of sulfonamides is 1. The standard InChI is InChI=1S/C16H17ClN4O4S/c1-10(19-16(18)23)15(22)20-12-5-3-7-14(9-12)26(24,25)21-13-6-2-4-11(17)8-13/h2-10,21H,1H3,(H,20,22)(H3,18,19,23)/t10-/m1/s1. The molecule has 0 bridgehead atoms. The van der Waals surface area contributed by atoms with Gasteiger partial charge in [0.25, 0.3) is 10.0 Å². The maximum absolute atomic E-state index is 12.5. The van der Waals surface area contributed by atoms with Crippen molar-refractivity contribution < 1.29 is 18.0 Å². The minimum absolute atomic E-state index is 0.0502. The fourth-order valence-electron chi connectivity index (χ4n) is 2.04. The van der Waals surface area contributed by atoms with Crippen LogP contribution in [0.4, 0.5) is 16.2 Å². The number of primary amides is 1. The Hall–Kier alpha value is -2.78. The van der Waals surface area contributed by atoms with Crippen LogP contribution in [0.3, 0.4) is 0 Å². The molecule has 3 amide bonds. The van der Waals surface area contributed by atoms with Crippen LogP contribution in [0.25, 0.3) is 0 Å². The molecule has 138 valence electrons. The van der Waals surface area contributed by atoms with Crippen LogP contribution in [0, 0.1) is 0 Å². The summed E-state index contributed by atoms with van der Waals surface area (Å²) in [5, 5.41) is 5.13. The zero-order valence-electron chi connectivity index (χ0n) is 13.7. The molecule has 0 spiro atoms. The zero-order chi connectivity index (χ0) is 19.3. The van der Waals surface area contributed by atoms with Crippen molar-refractivity contribution in [1.29, 1.82) is 0 Å². The van der Waals surface area contributed by atoms with Gasteiger partial charge in [-0.05, 0) is 43.3 Å². The number of anilines is 2. The van der Waals surface area contributed by atoms with E-state index < -0.39 is 28.0 Å². The zero-order valence-corrected chi connectivity index (χ0v) is 15.3. The Labute approximate surface area is 155 Å². The first-order chi connectivity index (χ1) is 12.2. The van der Waals surface area contributed by atoms with Gasteiger partial charge in [-0.15, -0.1) is 0 Å². The minimum Gasteiger partial charge on any atom is -0.352 e. The van der Waals surface area contributed by atoms with Gasteiger partial charge in [0.15, 0.2) is 0 Å². The SMILES string of the molecule is C[C@@H](NC(N)=O)C(=O)Nc1cccc(S(=O)(=O)Nc2cccc(Cl)c2)c1. The van der Waals surface area contributed by atoms with Crippen LogP contribution in [0.2, 0.25) is 5.02 Å². The maximum atomic E-state index is 12.5. The van der Waals surface area contributed by atoms with Crippen molar-refractivity contribution in [1.82, 2.24) is 5.32 Å². The van der Waals surface area contributed by atoms with E-state index in [-0.39, 0.29) is 10.6 Å². The first-order valence-corrected chi connectivity index (χ1v) is 9.29. The van der Waals surface area contributed by atoms with E-state index >= 15 is 0 Å². The van der Waals surface area contributed by atoms with Crippen molar-refractivity contribution >= 4 is 44.9 Å². The Bertz CT molecular complexity index is 933. The molecular formula is C16H17ClN4O4S.